The predicted octanol–water partition coefficient (Wildman–Crippen LogP) is 0.595. The minimum absolute atomic E-state index is 0.0202. The zero-order valence-electron chi connectivity index (χ0n) is 13.8. The molecule has 2 fully saturated rings. The van der Waals surface area contributed by atoms with Gasteiger partial charge in [0.2, 0.25) is 0 Å². The van der Waals surface area contributed by atoms with Gasteiger partial charge in [-0.2, -0.15) is 5.48 Å². The van der Waals surface area contributed by atoms with Crippen molar-refractivity contribution >= 4 is 5.91 Å². The van der Waals surface area contributed by atoms with Gasteiger partial charge in [0, 0.05) is 6.54 Å². The van der Waals surface area contributed by atoms with Crippen LogP contribution in [0, 0.1) is 0 Å². The van der Waals surface area contributed by atoms with E-state index in [2.05, 4.69) is 46.6 Å². The summed E-state index contributed by atoms with van der Waals surface area (Å²) in [6.07, 6.45) is 2.53. The van der Waals surface area contributed by atoms with E-state index in [-0.39, 0.29) is 30.4 Å². The number of fused-ring (bicyclic) bond motifs is 1. The summed E-state index contributed by atoms with van der Waals surface area (Å²) in [7, 11) is 0. The number of nitrogens with one attached hydrogen (secondary N) is 4. The monoisotopic (exact) mass is 332 g/mol. The van der Waals surface area contributed by atoms with Gasteiger partial charge in [-0.25, -0.2) is 0 Å². The third-order valence-electron chi connectivity index (χ3n) is 4.95. The van der Waals surface area contributed by atoms with Crippen LogP contribution in [0.2, 0.25) is 0 Å². The molecule has 2 heterocycles. The van der Waals surface area contributed by atoms with Crippen molar-refractivity contribution in [2.75, 3.05) is 13.3 Å². The molecule has 130 valence electrons. The average molecular weight is 332 g/mol. The number of ether oxygens (including phenoxy) is 1. The largest absolute Gasteiger partial charge is 0.352 e. The minimum Gasteiger partial charge on any atom is -0.352 e. The summed E-state index contributed by atoms with van der Waals surface area (Å²) in [5.74, 6) is -0.0276. The van der Waals surface area contributed by atoms with Crippen LogP contribution in [-0.2, 0) is 20.8 Å². The number of hydrogen-bond acceptors (Lipinski definition) is 6. The fourth-order valence-electron chi connectivity index (χ4n) is 3.58. The number of aryl methyl sites for hydroxylation is 1. The van der Waals surface area contributed by atoms with E-state index in [1.807, 2.05) is 0 Å². The van der Waals surface area contributed by atoms with Gasteiger partial charge in [0.05, 0.1) is 12.8 Å². The Hall–Kier alpha value is -1.51. The van der Waals surface area contributed by atoms with Crippen LogP contribution in [0.4, 0.5) is 0 Å². The molecule has 1 aromatic carbocycles. The van der Waals surface area contributed by atoms with Crippen LogP contribution in [0.25, 0.3) is 0 Å². The van der Waals surface area contributed by atoms with Gasteiger partial charge in [-0.3, -0.25) is 20.3 Å². The molecule has 0 radical (unpaired) electrons. The highest BCUT2D eigenvalue weighted by molar-refractivity contribution is 5.81. The molecule has 7 nitrogen and oxygen atoms in total. The first-order valence-electron chi connectivity index (χ1n) is 8.67. The molecule has 0 aromatic heterocycles. The second-order valence-corrected chi connectivity index (χ2v) is 6.54. The Morgan fingerprint density at radius 3 is 3.08 bits per heavy atom. The highest BCUT2D eigenvalue weighted by atomic mass is 16.7. The first-order chi connectivity index (χ1) is 11.7. The molecule has 4 rings (SSSR count). The molecular weight excluding hydrogens is 308 g/mol. The van der Waals surface area contributed by atoms with Gasteiger partial charge < -0.3 is 10.1 Å². The first-order valence-corrected chi connectivity index (χ1v) is 8.67. The van der Waals surface area contributed by atoms with Gasteiger partial charge >= 0.3 is 0 Å². The minimum atomic E-state index is -0.372. The van der Waals surface area contributed by atoms with Gasteiger partial charge in [0.1, 0.15) is 18.5 Å². The lowest BCUT2D eigenvalue weighted by atomic mass is 10.0. The maximum absolute atomic E-state index is 12.2. The standard InChI is InChI=1S/C17H24N4O3/c1-2-15-20-16(21-24-15)11-3-5-12-10(7-11)4-6-13(12)19-17(22)14-8-18-9-23-14/h3,5,7,13-16,18,20-21H,2,4,6,8-9H2,1H3,(H,19,22)/t13-,14?,15?,16?/m1/s1. The fraction of sp³-hybridized carbons (Fsp3) is 0.588. The molecule has 4 atom stereocenters. The number of hydroxylamine groups is 1. The van der Waals surface area contributed by atoms with Crippen LogP contribution in [0.15, 0.2) is 18.2 Å². The van der Waals surface area contributed by atoms with E-state index in [0.717, 1.165) is 19.3 Å². The summed E-state index contributed by atoms with van der Waals surface area (Å²) in [4.78, 5) is 17.7. The second kappa shape index (κ2) is 6.78. The molecule has 3 unspecified atom stereocenters. The number of amides is 1. The SMILES string of the molecule is CCC1NC(c2ccc3c(c2)CC[C@H]3NC(=O)C2CNCO2)NO1. The average Bonchev–Trinajstić information content (AvgIpc) is 3.35. The number of carbonyl (C=O) groups is 1. The summed E-state index contributed by atoms with van der Waals surface area (Å²) in [6, 6.07) is 6.51. The predicted molar refractivity (Wildman–Crippen MR) is 87.6 cm³/mol. The summed E-state index contributed by atoms with van der Waals surface area (Å²) < 4.78 is 5.37. The summed E-state index contributed by atoms with van der Waals surface area (Å²) >= 11 is 0. The van der Waals surface area contributed by atoms with E-state index >= 15 is 0 Å². The second-order valence-electron chi connectivity index (χ2n) is 6.54. The Morgan fingerprint density at radius 2 is 2.33 bits per heavy atom. The van der Waals surface area contributed by atoms with Crippen molar-refractivity contribution < 1.29 is 14.4 Å². The maximum atomic E-state index is 12.2. The maximum Gasteiger partial charge on any atom is 0.251 e. The third-order valence-corrected chi connectivity index (χ3v) is 4.95. The van der Waals surface area contributed by atoms with E-state index in [1.165, 1.54) is 16.7 Å². The number of benzene rings is 1. The highest BCUT2D eigenvalue weighted by Gasteiger charge is 2.30. The molecule has 1 aliphatic carbocycles. The zero-order valence-corrected chi connectivity index (χ0v) is 13.8. The smallest absolute Gasteiger partial charge is 0.251 e. The van der Waals surface area contributed by atoms with Gasteiger partial charge in [-0.1, -0.05) is 25.1 Å². The van der Waals surface area contributed by atoms with Crippen LogP contribution >= 0.6 is 0 Å². The van der Waals surface area contributed by atoms with Crippen molar-refractivity contribution in [3.63, 3.8) is 0 Å². The lowest BCUT2D eigenvalue weighted by molar-refractivity contribution is -0.130. The van der Waals surface area contributed by atoms with Gasteiger partial charge in [0.25, 0.3) is 5.91 Å². The number of rotatable bonds is 4. The quantitative estimate of drug-likeness (QED) is 0.646. The lowest BCUT2D eigenvalue weighted by Gasteiger charge is -2.17. The molecule has 0 spiro atoms. The topological polar surface area (TPSA) is 83.7 Å². The molecule has 1 aromatic rings. The van der Waals surface area contributed by atoms with E-state index in [1.54, 1.807) is 0 Å². The molecule has 24 heavy (non-hydrogen) atoms. The Labute approximate surface area is 141 Å². The van der Waals surface area contributed by atoms with Crippen LogP contribution < -0.4 is 21.4 Å². The lowest BCUT2D eigenvalue weighted by Crippen LogP contribution is -2.38. The van der Waals surface area contributed by atoms with Crippen LogP contribution in [-0.4, -0.2) is 31.5 Å². The van der Waals surface area contributed by atoms with Crippen molar-refractivity contribution in [3.8, 4) is 0 Å². The van der Waals surface area contributed by atoms with Crippen molar-refractivity contribution in [3.05, 3.63) is 34.9 Å². The van der Waals surface area contributed by atoms with Gasteiger partial charge in [0.15, 0.2) is 0 Å². The first kappa shape index (κ1) is 16.0. The Kier molecular flexibility index (Phi) is 4.51. The van der Waals surface area contributed by atoms with Crippen LogP contribution in [0.3, 0.4) is 0 Å². The van der Waals surface area contributed by atoms with Crippen molar-refractivity contribution in [2.24, 2.45) is 0 Å². The molecule has 7 heteroatoms. The van der Waals surface area contributed by atoms with Crippen molar-refractivity contribution in [1.82, 2.24) is 21.4 Å². The molecule has 4 N–H and O–H groups in total. The zero-order chi connectivity index (χ0) is 16.5. The van der Waals surface area contributed by atoms with E-state index < -0.39 is 0 Å². The molecule has 3 aliphatic rings. The van der Waals surface area contributed by atoms with E-state index in [0.29, 0.717) is 13.3 Å². The van der Waals surface area contributed by atoms with E-state index in [4.69, 9.17) is 9.57 Å². The Balaban J connectivity index is 1.43. The number of hydrogen-bond donors (Lipinski definition) is 4. The molecular formula is C17H24N4O3. The van der Waals surface area contributed by atoms with Crippen molar-refractivity contribution in [1.29, 1.82) is 0 Å². The molecule has 2 aliphatic heterocycles. The number of carbonyl (C=O) groups excluding carboxylic acids is 1. The Morgan fingerprint density at radius 1 is 1.42 bits per heavy atom. The Bertz CT molecular complexity index is 618. The van der Waals surface area contributed by atoms with Crippen molar-refractivity contribution in [2.45, 2.75) is 50.7 Å². The van der Waals surface area contributed by atoms with E-state index in [9.17, 15) is 4.79 Å². The molecule has 1 amide bonds. The highest BCUT2D eigenvalue weighted by Crippen LogP contribution is 2.33. The summed E-state index contributed by atoms with van der Waals surface area (Å²) in [5.41, 5.74) is 6.72. The summed E-state index contributed by atoms with van der Waals surface area (Å²) in [6.45, 7) is 3.12. The third kappa shape index (κ3) is 3.05. The van der Waals surface area contributed by atoms with Gasteiger partial charge in [-0.15, -0.1) is 0 Å². The van der Waals surface area contributed by atoms with Crippen LogP contribution in [0.1, 0.15) is 48.7 Å². The molecule has 0 bridgehead atoms. The fourth-order valence-corrected chi connectivity index (χ4v) is 3.58. The molecule has 0 saturated carbocycles. The molecule has 2 saturated heterocycles. The van der Waals surface area contributed by atoms with Gasteiger partial charge in [-0.05, 0) is 36.0 Å². The summed E-state index contributed by atoms with van der Waals surface area (Å²) in [5, 5.41) is 9.56. The van der Waals surface area contributed by atoms with Crippen LogP contribution in [0.5, 0.6) is 0 Å². The normalized spacial score (nSPS) is 32.0.